The minimum atomic E-state index is -0.835. The van der Waals surface area contributed by atoms with Crippen molar-refractivity contribution >= 4 is 0 Å². The molecular formula is C16H18F2N2. The molecule has 0 amide bonds. The van der Waals surface area contributed by atoms with E-state index in [4.69, 9.17) is 5.84 Å². The van der Waals surface area contributed by atoms with Gasteiger partial charge >= 0.3 is 0 Å². The Morgan fingerprint density at radius 3 is 2.45 bits per heavy atom. The van der Waals surface area contributed by atoms with Gasteiger partial charge in [0.1, 0.15) is 0 Å². The Morgan fingerprint density at radius 1 is 1.05 bits per heavy atom. The topological polar surface area (TPSA) is 38.0 Å². The molecule has 4 heteroatoms. The van der Waals surface area contributed by atoms with Crippen LogP contribution in [0.15, 0.2) is 36.4 Å². The van der Waals surface area contributed by atoms with E-state index < -0.39 is 11.6 Å². The number of aryl methyl sites for hydroxylation is 2. The SMILES string of the molecule is Cc1ccc(C)c(C(Cc2ccc(F)c(F)c2)NN)c1. The summed E-state index contributed by atoms with van der Waals surface area (Å²) in [6.07, 6.45) is 0.498. The molecule has 1 atom stereocenters. The van der Waals surface area contributed by atoms with Crippen LogP contribution < -0.4 is 11.3 Å². The first-order valence-corrected chi connectivity index (χ1v) is 6.48. The van der Waals surface area contributed by atoms with E-state index in [1.807, 2.05) is 26.0 Å². The Kier molecular flexibility index (Phi) is 4.47. The summed E-state index contributed by atoms with van der Waals surface area (Å²) in [7, 11) is 0. The van der Waals surface area contributed by atoms with Crippen molar-refractivity contribution < 1.29 is 8.78 Å². The predicted octanol–water partition coefficient (Wildman–Crippen LogP) is 3.33. The highest BCUT2D eigenvalue weighted by Crippen LogP contribution is 2.23. The van der Waals surface area contributed by atoms with Crippen molar-refractivity contribution in [3.63, 3.8) is 0 Å². The van der Waals surface area contributed by atoms with Gasteiger partial charge in [0, 0.05) is 0 Å². The summed E-state index contributed by atoms with van der Waals surface area (Å²) in [4.78, 5) is 0. The Bertz CT molecular complexity index is 611. The van der Waals surface area contributed by atoms with E-state index in [0.29, 0.717) is 12.0 Å². The van der Waals surface area contributed by atoms with Crippen molar-refractivity contribution in [2.24, 2.45) is 5.84 Å². The maximum atomic E-state index is 13.3. The van der Waals surface area contributed by atoms with Crippen LogP contribution in [0.4, 0.5) is 8.78 Å². The summed E-state index contributed by atoms with van der Waals surface area (Å²) in [5.74, 6) is 3.95. The normalized spacial score (nSPS) is 12.4. The molecular weight excluding hydrogens is 258 g/mol. The lowest BCUT2D eigenvalue weighted by Crippen LogP contribution is -2.30. The summed E-state index contributed by atoms with van der Waals surface area (Å²) >= 11 is 0. The van der Waals surface area contributed by atoms with Crippen LogP contribution in [0.25, 0.3) is 0 Å². The summed E-state index contributed by atoms with van der Waals surface area (Å²) in [5.41, 5.74) is 6.77. The second kappa shape index (κ2) is 6.11. The molecule has 1 unspecified atom stereocenters. The molecule has 0 heterocycles. The van der Waals surface area contributed by atoms with E-state index >= 15 is 0 Å². The number of rotatable bonds is 4. The molecule has 0 aromatic heterocycles. The van der Waals surface area contributed by atoms with E-state index in [9.17, 15) is 8.78 Å². The third-order valence-corrected chi connectivity index (χ3v) is 3.44. The van der Waals surface area contributed by atoms with Crippen LogP contribution in [0.1, 0.15) is 28.3 Å². The Labute approximate surface area is 117 Å². The van der Waals surface area contributed by atoms with Gasteiger partial charge in [0.2, 0.25) is 0 Å². The molecule has 2 aromatic carbocycles. The van der Waals surface area contributed by atoms with Gasteiger partial charge in [0.05, 0.1) is 6.04 Å². The zero-order chi connectivity index (χ0) is 14.7. The Hall–Kier alpha value is -1.78. The molecule has 0 fully saturated rings. The highest BCUT2D eigenvalue weighted by molar-refractivity contribution is 5.34. The first-order valence-electron chi connectivity index (χ1n) is 6.48. The lowest BCUT2D eigenvalue weighted by atomic mass is 9.94. The average molecular weight is 276 g/mol. The maximum Gasteiger partial charge on any atom is 0.159 e. The lowest BCUT2D eigenvalue weighted by Gasteiger charge is -2.19. The highest BCUT2D eigenvalue weighted by Gasteiger charge is 2.14. The van der Waals surface area contributed by atoms with Crippen molar-refractivity contribution in [2.45, 2.75) is 26.3 Å². The van der Waals surface area contributed by atoms with Crippen molar-refractivity contribution in [2.75, 3.05) is 0 Å². The first-order chi connectivity index (χ1) is 9.51. The molecule has 0 aliphatic carbocycles. The second-order valence-electron chi connectivity index (χ2n) is 5.03. The average Bonchev–Trinajstić information content (AvgIpc) is 2.43. The summed E-state index contributed by atoms with van der Waals surface area (Å²) < 4.78 is 26.2. The second-order valence-corrected chi connectivity index (χ2v) is 5.03. The van der Waals surface area contributed by atoms with Gasteiger partial charge in [-0.15, -0.1) is 0 Å². The smallest absolute Gasteiger partial charge is 0.159 e. The van der Waals surface area contributed by atoms with E-state index in [1.54, 1.807) is 6.07 Å². The van der Waals surface area contributed by atoms with E-state index in [1.165, 1.54) is 6.07 Å². The fraction of sp³-hybridized carbons (Fsp3) is 0.250. The van der Waals surface area contributed by atoms with Gasteiger partial charge in [-0.3, -0.25) is 11.3 Å². The molecule has 2 nitrogen and oxygen atoms in total. The molecule has 2 aromatic rings. The monoisotopic (exact) mass is 276 g/mol. The van der Waals surface area contributed by atoms with Gasteiger partial charge in [-0.25, -0.2) is 8.78 Å². The van der Waals surface area contributed by atoms with Gasteiger partial charge in [-0.05, 0) is 49.1 Å². The number of hydrazine groups is 1. The van der Waals surface area contributed by atoms with Gasteiger partial charge < -0.3 is 0 Å². The van der Waals surface area contributed by atoms with Crippen molar-refractivity contribution in [3.05, 3.63) is 70.3 Å². The van der Waals surface area contributed by atoms with Gasteiger partial charge in [-0.2, -0.15) is 0 Å². The van der Waals surface area contributed by atoms with Crippen LogP contribution in [-0.4, -0.2) is 0 Å². The van der Waals surface area contributed by atoms with Crippen LogP contribution >= 0.6 is 0 Å². The summed E-state index contributed by atoms with van der Waals surface area (Å²) in [6, 6.07) is 9.91. The quantitative estimate of drug-likeness (QED) is 0.664. The molecule has 0 aliphatic heterocycles. The minimum Gasteiger partial charge on any atom is -0.271 e. The van der Waals surface area contributed by atoms with E-state index in [2.05, 4.69) is 11.5 Å². The van der Waals surface area contributed by atoms with Crippen molar-refractivity contribution in [1.29, 1.82) is 0 Å². The largest absolute Gasteiger partial charge is 0.271 e. The molecule has 0 saturated heterocycles. The number of halogens is 2. The number of hydrogen-bond acceptors (Lipinski definition) is 2. The Balaban J connectivity index is 2.28. The molecule has 0 spiro atoms. The predicted molar refractivity (Wildman–Crippen MR) is 76.0 cm³/mol. The van der Waals surface area contributed by atoms with Gasteiger partial charge in [0.15, 0.2) is 11.6 Å². The first kappa shape index (κ1) is 14.6. The molecule has 20 heavy (non-hydrogen) atoms. The molecule has 106 valence electrons. The standard InChI is InChI=1S/C16H18F2N2/c1-10-3-4-11(2)13(7-10)16(20-19)9-12-5-6-14(17)15(18)8-12/h3-8,16,20H,9,19H2,1-2H3. The van der Waals surface area contributed by atoms with Crippen molar-refractivity contribution in [1.82, 2.24) is 5.43 Å². The van der Waals surface area contributed by atoms with Crippen LogP contribution in [0.5, 0.6) is 0 Å². The Morgan fingerprint density at radius 2 is 1.80 bits per heavy atom. The van der Waals surface area contributed by atoms with E-state index in [-0.39, 0.29) is 6.04 Å². The third-order valence-electron chi connectivity index (χ3n) is 3.44. The van der Waals surface area contributed by atoms with Crippen LogP contribution in [0.2, 0.25) is 0 Å². The van der Waals surface area contributed by atoms with E-state index in [0.717, 1.165) is 22.8 Å². The lowest BCUT2D eigenvalue weighted by molar-refractivity contribution is 0.502. The molecule has 0 bridgehead atoms. The van der Waals surface area contributed by atoms with Gasteiger partial charge in [-0.1, -0.05) is 29.8 Å². The zero-order valence-electron chi connectivity index (χ0n) is 11.6. The molecule has 2 rings (SSSR count). The number of benzene rings is 2. The highest BCUT2D eigenvalue weighted by atomic mass is 19.2. The summed E-state index contributed by atoms with van der Waals surface area (Å²) in [6.45, 7) is 4.01. The fourth-order valence-electron chi connectivity index (χ4n) is 2.30. The summed E-state index contributed by atoms with van der Waals surface area (Å²) in [5, 5.41) is 0. The maximum absolute atomic E-state index is 13.3. The number of nitrogens with two attached hydrogens (primary N) is 1. The van der Waals surface area contributed by atoms with Gasteiger partial charge in [0.25, 0.3) is 0 Å². The molecule has 0 aliphatic rings. The number of hydrogen-bond donors (Lipinski definition) is 2. The van der Waals surface area contributed by atoms with Crippen LogP contribution in [-0.2, 0) is 6.42 Å². The van der Waals surface area contributed by atoms with Crippen molar-refractivity contribution in [3.8, 4) is 0 Å². The molecule has 0 saturated carbocycles. The van der Waals surface area contributed by atoms with Crippen LogP contribution in [0.3, 0.4) is 0 Å². The third kappa shape index (κ3) is 3.21. The number of nitrogens with one attached hydrogen (secondary N) is 1. The fourth-order valence-corrected chi connectivity index (χ4v) is 2.30. The zero-order valence-corrected chi connectivity index (χ0v) is 11.6. The molecule has 0 radical (unpaired) electrons. The minimum absolute atomic E-state index is 0.139. The molecule has 3 N–H and O–H groups in total. The van der Waals surface area contributed by atoms with Crippen LogP contribution in [0, 0.1) is 25.5 Å².